The fourth-order valence-electron chi connectivity index (χ4n) is 4.99. The molecule has 0 unspecified atom stereocenters. The molecule has 4 heterocycles. The van der Waals surface area contributed by atoms with Gasteiger partial charge in [-0.25, -0.2) is 4.52 Å². The number of nitrogens with one attached hydrogen (secondary N) is 2. The summed E-state index contributed by atoms with van der Waals surface area (Å²) in [5.41, 5.74) is 7.18. The third-order valence-corrected chi connectivity index (χ3v) is 6.73. The first kappa shape index (κ1) is 20.7. The SMILES string of the molecule is CNC(=O)CN1CCC(c2ccc3[nH]c(-c4ccc5cnnn5c4)c(C(C)C)c3c2)CC1. The third kappa shape index (κ3) is 3.77. The molecule has 7 heteroatoms. The summed E-state index contributed by atoms with van der Waals surface area (Å²) >= 11 is 0. The van der Waals surface area contributed by atoms with Crippen LogP contribution in [0.2, 0.25) is 0 Å². The average molecular weight is 431 g/mol. The number of likely N-dealkylation sites (tertiary alicyclic amines) is 1. The molecule has 1 amide bonds. The second-order valence-electron chi connectivity index (χ2n) is 9.12. The first-order chi connectivity index (χ1) is 15.5. The van der Waals surface area contributed by atoms with Crippen LogP contribution in [-0.2, 0) is 4.79 Å². The van der Waals surface area contributed by atoms with Crippen molar-refractivity contribution in [3.05, 3.63) is 53.9 Å². The van der Waals surface area contributed by atoms with Gasteiger partial charge in [0.2, 0.25) is 5.91 Å². The van der Waals surface area contributed by atoms with Crippen LogP contribution >= 0.6 is 0 Å². The van der Waals surface area contributed by atoms with Crippen molar-refractivity contribution in [1.29, 1.82) is 0 Å². The van der Waals surface area contributed by atoms with Gasteiger partial charge in [0.25, 0.3) is 0 Å². The van der Waals surface area contributed by atoms with Crippen LogP contribution in [0.4, 0.5) is 0 Å². The van der Waals surface area contributed by atoms with Gasteiger partial charge in [0.15, 0.2) is 0 Å². The highest BCUT2D eigenvalue weighted by molar-refractivity contribution is 5.92. The van der Waals surface area contributed by atoms with Crippen molar-refractivity contribution in [1.82, 2.24) is 30.0 Å². The summed E-state index contributed by atoms with van der Waals surface area (Å²) in [6.45, 7) is 6.93. The van der Waals surface area contributed by atoms with Crippen LogP contribution < -0.4 is 5.32 Å². The van der Waals surface area contributed by atoms with Crippen molar-refractivity contribution in [2.45, 2.75) is 38.5 Å². The van der Waals surface area contributed by atoms with E-state index in [1.54, 1.807) is 13.2 Å². The van der Waals surface area contributed by atoms with Gasteiger partial charge in [-0.2, -0.15) is 0 Å². The van der Waals surface area contributed by atoms with E-state index in [9.17, 15) is 4.79 Å². The molecule has 1 aromatic carbocycles. The lowest BCUT2D eigenvalue weighted by atomic mass is 9.87. The van der Waals surface area contributed by atoms with Gasteiger partial charge in [-0.3, -0.25) is 9.69 Å². The van der Waals surface area contributed by atoms with E-state index in [1.807, 2.05) is 10.7 Å². The number of carbonyl (C=O) groups is 1. The fourth-order valence-corrected chi connectivity index (χ4v) is 4.99. The molecular weight excluding hydrogens is 400 g/mol. The van der Waals surface area contributed by atoms with Crippen molar-refractivity contribution in [3.8, 4) is 11.3 Å². The maximum absolute atomic E-state index is 11.7. The van der Waals surface area contributed by atoms with Crippen LogP contribution in [0.1, 0.15) is 49.7 Å². The zero-order valence-electron chi connectivity index (χ0n) is 18.9. The number of piperidine rings is 1. The number of rotatable bonds is 5. The maximum Gasteiger partial charge on any atom is 0.233 e. The van der Waals surface area contributed by atoms with E-state index in [0.717, 1.165) is 42.7 Å². The van der Waals surface area contributed by atoms with E-state index < -0.39 is 0 Å². The summed E-state index contributed by atoms with van der Waals surface area (Å²) in [5, 5.41) is 12.2. The number of likely N-dealkylation sites (N-methyl/N-ethyl adjacent to an activating group) is 1. The largest absolute Gasteiger partial charge is 0.358 e. The van der Waals surface area contributed by atoms with E-state index in [1.165, 1.54) is 22.0 Å². The Morgan fingerprint density at radius 2 is 2.03 bits per heavy atom. The second-order valence-corrected chi connectivity index (χ2v) is 9.12. The molecule has 2 N–H and O–H groups in total. The Labute approximate surface area is 187 Å². The summed E-state index contributed by atoms with van der Waals surface area (Å²) in [6, 6.07) is 11.1. The van der Waals surface area contributed by atoms with Crippen molar-refractivity contribution in [2.75, 3.05) is 26.7 Å². The van der Waals surface area contributed by atoms with Crippen LogP contribution in [0.3, 0.4) is 0 Å². The number of amides is 1. The minimum absolute atomic E-state index is 0.0929. The predicted octanol–water partition coefficient (Wildman–Crippen LogP) is 3.93. The molecule has 1 saturated heterocycles. The molecule has 0 atom stereocenters. The highest BCUT2D eigenvalue weighted by atomic mass is 16.1. The molecule has 0 aliphatic carbocycles. The number of H-pyrrole nitrogens is 1. The lowest BCUT2D eigenvalue weighted by Gasteiger charge is -2.31. The number of carbonyl (C=O) groups excluding carboxylic acids is 1. The van der Waals surface area contributed by atoms with Gasteiger partial charge >= 0.3 is 0 Å². The second kappa shape index (κ2) is 8.39. The molecule has 1 fully saturated rings. The van der Waals surface area contributed by atoms with Crippen molar-refractivity contribution in [3.63, 3.8) is 0 Å². The van der Waals surface area contributed by atoms with Crippen LogP contribution in [-0.4, -0.2) is 57.3 Å². The molecule has 0 saturated carbocycles. The van der Waals surface area contributed by atoms with Gasteiger partial charge in [0.05, 0.1) is 24.0 Å². The average Bonchev–Trinajstić information content (AvgIpc) is 3.42. The Kier molecular flexibility index (Phi) is 5.43. The van der Waals surface area contributed by atoms with Crippen LogP contribution in [0, 0.1) is 0 Å². The lowest BCUT2D eigenvalue weighted by Crippen LogP contribution is -2.40. The fraction of sp³-hybridized carbons (Fsp3) is 0.400. The number of hydrogen-bond donors (Lipinski definition) is 2. The molecular formula is C25H30N6O. The molecule has 5 rings (SSSR count). The minimum Gasteiger partial charge on any atom is -0.358 e. The summed E-state index contributed by atoms with van der Waals surface area (Å²) in [5.74, 6) is 1.01. The zero-order valence-corrected chi connectivity index (χ0v) is 18.9. The Hall–Kier alpha value is -3.19. The molecule has 4 aromatic rings. The van der Waals surface area contributed by atoms with Crippen LogP contribution in [0.5, 0.6) is 0 Å². The number of hydrogen-bond acceptors (Lipinski definition) is 4. The van der Waals surface area contributed by atoms with E-state index in [2.05, 4.69) is 69.7 Å². The maximum atomic E-state index is 11.7. The Balaban J connectivity index is 1.46. The molecule has 166 valence electrons. The van der Waals surface area contributed by atoms with Gasteiger partial charge in [-0.05, 0) is 73.2 Å². The summed E-state index contributed by atoms with van der Waals surface area (Å²) in [7, 11) is 1.70. The highest BCUT2D eigenvalue weighted by Gasteiger charge is 2.23. The van der Waals surface area contributed by atoms with E-state index in [0.29, 0.717) is 18.4 Å². The normalized spacial score (nSPS) is 15.8. The van der Waals surface area contributed by atoms with Gasteiger partial charge in [0, 0.05) is 29.7 Å². The monoisotopic (exact) mass is 430 g/mol. The Morgan fingerprint density at radius 3 is 2.78 bits per heavy atom. The van der Waals surface area contributed by atoms with E-state index in [-0.39, 0.29) is 5.91 Å². The van der Waals surface area contributed by atoms with Crippen LogP contribution in [0.15, 0.2) is 42.7 Å². The van der Waals surface area contributed by atoms with Crippen molar-refractivity contribution in [2.24, 2.45) is 0 Å². The van der Waals surface area contributed by atoms with Gasteiger partial charge in [0.1, 0.15) is 0 Å². The molecule has 32 heavy (non-hydrogen) atoms. The topological polar surface area (TPSA) is 78.3 Å². The van der Waals surface area contributed by atoms with E-state index >= 15 is 0 Å². The van der Waals surface area contributed by atoms with Gasteiger partial charge < -0.3 is 10.3 Å². The van der Waals surface area contributed by atoms with Crippen molar-refractivity contribution < 1.29 is 4.79 Å². The molecule has 7 nitrogen and oxygen atoms in total. The lowest BCUT2D eigenvalue weighted by molar-refractivity contribution is -0.122. The standard InChI is InChI=1S/C25H30N6O/c1-16(2)24-21-12-18(17-8-10-30(11-9-17)15-23(32)26-3)5-7-22(21)28-25(24)19-4-6-20-13-27-29-31(20)14-19/h4-7,12-14,16-17,28H,8-11,15H2,1-3H3,(H,26,32). The summed E-state index contributed by atoms with van der Waals surface area (Å²) in [4.78, 5) is 17.6. The smallest absolute Gasteiger partial charge is 0.233 e. The first-order valence-electron chi connectivity index (χ1n) is 11.4. The molecule has 1 aliphatic rings. The predicted molar refractivity (Wildman–Crippen MR) is 127 cm³/mol. The van der Waals surface area contributed by atoms with Crippen LogP contribution in [0.25, 0.3) is 27.7 Å². The number of fused-ring (bicyclic) bond motifs is 2. The zero-order chi connectivity index (χ0) is 22.2. The molecule has 0 radical (unpaired) electrons. The number of pyridine rings is 1. The number of nitrogens with zero attached hydrogens (tertiary/aromatic N) is 4. The van der Waals surface area contributed by atoms with E-state index in [4.69, 9.17) is 0 Å². The highest BCUT2D eigenvalue weighted by Crippen LogP contribution is 2.38. The number of aromatic nitrogens is 4. The first-order valence-corrected chi connectivity index (χ1v) is 11.4. The number of aromatic amines is 1. The van der Waals surface area contributed by atoms with Crippen molar-refractivity contribution >= 4 is 22.3 Å². The summed E-state index contributed by atoms with van der Waals surface area (Å²) < 4.78 is 1.82. The number of benzene rings is 1. The molecule has 1 aliphatic heterocycles. The molecule has 0 spiro atoms. The van der Waals surface area contributed by atoms with Gasteiger partial charge in [-0.15, -0.1) is 5.10 Å². The Morgan fingerprint density at radius 1 is 1.22 bits per heavy atom. The van der Waals surface area contributed by atoms with Gasteiger partial charge in [-0.1, -0.05) is 25.1 Å². The third-order valence-electron chi connectivity index (χ3n) is 6.73. The summed E-state index contributed by atoms with van der Waals surface area (Å²) in [6.07, 6.45) is 5.98. The molecule has 0 bridgehead atoms. The Bertz CT molecular complexity index is 1260. The molecule has 3 aromatic heterocycles. The minimum atomic E-state index is 0.0929. The quantitative estimate of drug-likeness (QED) is 0.503.